The van der Waals surface area contributed by atoms with Gasteiger partial charge in [-0.1, -0.05) is 18.2 Å². The minimum atomic E-state index is -1.53. The lowest BCUT2D eigenvalue weighted by Gasteiger charge is -2.30. The number of thiophene rings is 3. The number of quaternary nitrogens is 1. The second-order valence-corrected chi connectivity index (χ2v) is 11.9. The van der Waals surface area contributed by atoms with Gasteiger partial charge in [-0.25, -0.2) is 4.79 Å². The van der Waals surface area contributed by atoms with Crippen LogP contribution in [0.15, 0.2) is 52.5 Å². The molecule has 1 aliphatic heterocycles. The third-order valence-electron chi connectivity index (χ3n) is 6.08. The molecule has 0 spiro atoms. The summed E-state index contributed by atoms with van der Waals surface area (Å²) in [5, 5.41) is 17.5. The number of nitrogens with zero attached hydrogens (tertiary/aromatic N) is 1. The van der Waals surface area contributed by atoms with Crippen LogP contribution in [0.3, 0.4) is 0 Å². The second kappa shape index (κ2) is 11.4. The number of hydrogen-bond donors (Lipinski definition) is 1. The number of aliphatic hydroxyl groups is 1. The van der Waals surface area contributed by atoms with Crippen LogP contribution in [0.2, 0.25) is 0 Å². The Morgan fingerprint density at radius 3 is 2.16 bits per heavy atom. The van der Waals surface area contributed by atoms with Crippen LogP contribution in [-0.2, 0) is 28.8 Å². The molecule has 0 amide bonds. The molecule has 1 N–H and O–H groups in total. The van der Waals surface area contributed by atoms with Gasteiger partial charge in [0.2, 0.25) is 0 Å². The van der Waals surface area contributed by atoms with E-state index in [2.05, 4.69) is 24.6 Å². The standard InChI is InChI=1S/C24H30NO3S3.BrH/c1-25(11-2-6-20-7-3-13-29-20)12-10-19(18-25)28-23(26)24(27,16-21-8-4-14-30-21)17-22-9-5-15-31-22;/h3-5,7-9,13-15,19,27H,2,6,10-12,16-18H2,1H3;1H/q+1;/p-1/t19-,25?;/m1./s1. The van der Waals surface area contributed by atoms with Crippen molar-refractivity contribution in [3.63, 3.8) is 0 Å². The Labute approximate surface area is 212 Å². The van der Waals surface area contributed by atoms with Gasteiger partial charge in [0, 0.05) is 40.3 Å². The SMILES string of the molecule is C[N+]1(CCCc2cccs2)CC[C@@H](OC(=O)C(O)(Cc2cccs2)Cc2cccs2)C1.[Br-]. The summed E-state index contributed by atoms with van der Waals surface area (Å²) in [6.07, 6.45) is 3.56. The molecule has 32 heavy (non-hydrogen) atoms. The number of esters is 1. The molecule has 0 aromatic carbocycles. The topological polar surface area (TPSA) is 46.5 Å². The van der Waals surface area contributed by atoms with Gasteiger partial charge in [-0.2, -0.15) is 0 Å². The van der Waals surface area contributed by atoms with Crippen molar-refractivity contribution in [1.29, 1.82) is 0 Å². The maximum absolute atomic E-state index is 13.2. The summed E-state index contributed by atoms with van der Waals surface area (Å²) in [7, 11) is 2.26. The molecule has 8 heteroatoms. The zero-order chi connectivity index (χ0) is 21.7. The monoisotopic (exact) mass is 555 g/mol. The zero-order valence-electron chi connectivity index (χ0n) is 18.2. The molecule has 0 bridgehead atoms. The van der Waals surface area contributed by atoms with E-state index in [1.807, 2.05) is 46.4 Å². The van der Waals surface area contributed by atoms with E-state index in [0.717, 1.165) is 53.1 Å². The van der Waals surface area contributed by atoms with Crippen molar-refractivity contribution >= 4 is 40.0 Å². The summed E-state index contributed by atoms with van der Waals surface area (Å²) in [6.45, 7) is 2.92. The maximum atomic E-state index is 13.2. The van der Waals surface area contributed by atoms with E-state index in [9.17, 15) is 9.90 Å². The lowest BCUT2D eigenvalue weighted by atomic mass is 9.93. The van der Waals surface area contributed by atoms with Crippen LogP contribution in [0.1, 0.15) is 27.5 Å². The quantitative estimate of drug-likeness (QED) is 0.306. The smallest absolute Gasteiger partial charge is 0.339 e. The summed E-state index contributed by atoms with van der Waals surface area (Å²) < 4.78 is 6.86. The van der Waals surface area contributed by atoms with Crippen molar-refractivity contribution in [2.45, 2.75) is 43.8 Å². The predicted molar refractivity (Wildman–Crippen MR) is 129 cm³/mol. The van der Waals surface area contributed by atoms with Crippen molar-refractivity contribution in [3.05, 3.63) is 67.2 Å². The lowest BCUT2D eigenvalue weighted by Crippen LogP contribution is -3.00. The van der Waals surface area contributed by atoms with Crippen molar-refractivity contribution in [2.75, 3.05) is 26.7 Å². The van der Waals surface area contributed by atoms with Crippen molar-refractivity contribution in [1.82, 2.24) is 0 Å². The molecule has 0 aliphatic carbocycles. The molecule has 4 heterocycles. The van der Waals surface area contributed by atoms with Crippen molar-refractivity contribution < 1.29 is 36.1 Å². The van der Waals surface area contributed by atoms with Gasteiger partial charge >= 0.3 is 5.97 Å². The number of likely N-dealkylation sites (tertiary alicyclic amines) is 1. The molecule has 1 aliphatic rings. The third-order valence-corrected chi connectivity index (χ3v) is 8.77. The lowest BCUT2D eigenvalue weighted by molar-refractivity contribution is -0.899. The summed E-state index contributed by atoms with van der Waals surface area (Å²) in [5.41, 5.74) is -1.53. The third kappa shape index (κ3) is 6.74. The fourth-order valence-electron chi connectivity index (χ4n) is 4.39. The second-order valence-electron chi connectivity index (χ2n) is 8.79. The Bertz CT molecular complexity index is 907. The van der Waals surface area contributed by atoms with Gasteiger partial charge in [0.05, 0.1) is 20.1 Å². The van der Waals surface area contributed by atoms with Gasteiger partial charge in [0.1, 0.15) is 6.54 Å². The molecular weight excluding hydrogens is 526 g/mol. The fraction of sp³-hybridized carbons (Fsp3) is 0.458. The summed E-state index contributed by atoms with van der Waals surface area (Å²) in [4.78, 5) is 16.6. The Hall–Kier alpha value is -1.03. The number of rotatable bonds is 10. The van der Waals surface area contributed by atoms with E-state index in [4.69, 9.17) is 4.74 Å². The van der Waals surface area contributed by atoms with Crippen LogP contribution < -0.4 is 17.0 Å². The molecule has 3 aromatic heterocycles. The summed E-state index contributed by atoms with van der Waals surface area (Å²) in [6, 6.07) is 12.1. The fourth-order valence-corrected chi connectivity index (χ4v) is 6.76. The van der Waals surface area contributed by atoms with Crippen molar-refractivity contribution in [2.24, 2.45) is 0 Å². The first kappa shape index (κ1) is 25.6. The molecule has 2 atom stereocenters. The highest BCUT2D eigenvalue weighted by Crippen LogP contribution is 2.28. The highest BCUT2D eigenvalue weighted by atomic mass is 79.9. The highest BCUT2D eigenvalue weighted by Gasteiger charge is 2.43. The number of carbonyl (C=O) groups is 1. The van der Waals surface area contributed by atoms with E-state index >= 15 is 0 Å². The summed E-state index contributed by atoms with van der Waals surface area (Å²) in [5.74, 6) is -0.480. The number of hydrogen-bond acceptors (Lipinski definition) is 6. The van der Waals surface area contributed by atoms with Crippen LogP contribution in [-0.4, -0.2) is 53.9 Å². The Balaban J connectivity index is 0.00000289. The van der Waals surface area contributed by atoms with Crippen LogP contribution >= 0.6 is 34.0 Å². The molecule has 1 fully saturated rings. The molecule has 0 saturated carbocycles. The first-order valence-corrected chi connectivity index (χ1v) is 13.4. The van der Waals surface area contributed by atoms with E-state index in [1.54, 1.807) is 22.7 Å². The molecule has 3 aromatic rings. The van der Waals surface area contributed by atoms with Gasteiger partial charge in [-0.3, -0.25) is 0 Å². The van der Waals surface area contributed by atoms with Gasteiger partial charge in [0.15, 0.2) is 11.7 Å². The first-order chi connectivity index (χ1) is 14.9. The predicted octanol–water partition coefficient (Wildman–Crippen LogP) is 1.79. The van der Waals surface area contributed by atoms with Crippen LogP contribution in [0.5, 0.6) is 0 Å². The van der Waals surface area contributed by atoms with Crippen LogP contribution in [0.25, 0.3) is 0 Å². The number of halogens is 1. The molecule has 0 radical (unpaired) electrons. The molecule has 1 unspecified atom stereocenters. The van der Waals surface area contributed by atoms with Gasteiger partial charge in [0.25, 0.3) is 0 Å². The largest absolute Gasteiger partial charge is 1.00 e. The first-order valence-electron chi connectivity index (χ1n) is 10.8. The van der Waals surface area contributed by atoms with Gasteiger partial charge < -0.3 is 31.3 Å². The normalized spacial score (nSPS) is 20.8. The number of aryl methyl sites for hydroxylation is 1. The zero-order valence-corrected chi connectivity index (χ0v) is 22.3. The number of carbonyl (C=O) groups excluding carboxylic acids is 1. The average molecular weight is 557 g/mol. The number of likely N-dealkylation sites (N-methyl/N-ethyl adjacent to an activating group) is 1. The average Bonchev–Trinajstić information content (AvgIpc) is 3.51. The highest BCUT2D eigenvalue weighted by molar-refractivity contribution is 7.10. The summed E-state index contributed by atoms with van der Waals surface area (Å²) >= 11 is 4.94. The van der Waals surface area contributed by atoms with E-state index < -0.39 is 11.6 Å². The Morgan fingerprint density at radius 1 is 1.06 bits per heavy atom. The van der Waals surface area contributed by atoms with Gasteiger partial charge in [-0.05, 0) is 40.8 Å². The minimum absolute atomic E-state index is 0. The molecular formula is C24H30BrNO3S3. The molecule has 174 valence electrons. The van der Waals surface area contributed by atoms with E-state index in [0.29, 0.717) is 12.8 Å². The Morgan fingerprint density at radius 2 is 1.62 bits per heavy atom. The maximum Gasteiger partial charge on any atom is 0.339 e. The Kier molecular flexibility index (Phi) is 9.12. The van der Waals surface area contributed by atoms with E-state index in [-0.39, 0.29) is 23.1 Å². The molecule has 4 rings (SSSR count). The van der Waals surface area contributed by atoms with Crippen LogP contribution in [0.4, 0.5) is 0 Å². The number of ether oxygens (including phenoxy) is 1. The molecule has 4 nitrogen and oxygen atoms in total. The van der Waals surface area contributed by atoms with Crippen molar-refractivity contribution in [3.8, 4) is 0 Å². The van der Waals surface area contributed by atoms with Gasteiger partial charge in [-0.15, -0.1) is 34.0 Å². The molecule has 1 saturated heterocycles. The minimum Gasteiger partial charge on any atom is -1.00 e. The van der Waals surface area contributed by atoms with E-state index in [1.165, 1.54) is 4.88 Å². The van der Waals surface area contributed by atoms with Crippen LogP contribution in [0, 0.1) is 0 Å².